The van der Waals surface area contributed by atoms with Gasteiger partial charge in [0, 0.05) is 13.0 Å². The molecule has 0 fully saturated rings. The number of nitrogens with one attached hydrogen (secondary N) is 1. The molecule has 0 atom stereocenters. The van der Waals surface area contributed by atoms with Crippen LogP contribution in [0.4, 0.5) is 5.69 Å². The van der Waals surface area contributed by atoms with E-state index in [0.29, 0.717) is 22.7 Å². The van der Waals surface area contributed by atoms with Crippen LogP contribution in [0.1, 0.15) is 5.89 Å². The maximum Gasteiger partial charge on any atom is 0.229 e. The fourth-order valence-electron chi connectivity index (χ4n) is 1.32. The second-order valence-electron chi connectivity index (χ2n) is 3.29. The summed E-state index contributed by atoms with van der Waals surface area (Å²) in [7, 11) is -3.25. The molecule has 2 aromatic rings. The first kappa shape index (κ1) is 9.97. The molecule has 0 aliphatic rings. The van der Waals surface area contributed by atoms with Crippen LogP contribution in [0.25, 0.3) is 11.1 Å². The van der Waals surface area contributed by atoms with Gasteiger partial charge in [0.25, 0.3) is 0 Å². The summed E-state index contributed by atoms with van der Waals surface area (Å²) in [5.41, 5.74) is 1.76. The van der Waals surface area contributed by atoms with E-state index < -0.39 is 10.0 Å². The van der Waals surface area contributed by atoms with Crippen molar-refractivity contribution in [3.8, 4) is 0 Å². The lowest BCUT2D eigenvalue weighted by Crippen LogP contribution is -2.09. The molecular weight excluding hydrogens is 216 g/mol. The minimum absolute atomic E-state index is 0.473. The van der Waals surface area contributed by atoms with Crippen molar-refractivity contribution in [2.24, 2.45) is 0 Å². The number of hydrogen-bond donors (Lipinski definition) is 1. The number of hydrogen-bond acceptors (Lipinski definition) is 4. The predicted molar refractivity (Wildman–Crippen MR) is 57.2 cm³/mol. The highest BCUT2D eigenvalue weighted by atomic mass is 32.2. The summed E-state index contributed by atoms with van der Waals surface area (Å²) in [5.74, 6) is 0.557. The van der Waals surface area contributed by atoms with Gasteiger partial charge in [-0.15, -0.1) is 0 Å². The maximum atomic E-state index is 11.0. The van der Waals surface area contributed by atoms with E-state index in [2.05, 4.69) is 9.71 Å². The zero-order chi connectivity index (χ0) is 11.1. The Balaban J connectivity index is 2.47. The molecule has 2 rings (SSSR count). The fourth-order valence-corrected chi connectivity index (χ4v) is 1.87. The molecule has 0 saturated heterocycles. The standard InChI is InChI=1S/C9H10N2O3S/c1-6-10-8-4-3-7(5-9(8)14-6)11-15(2,12)13/h3-5,11H,1-2H3. The molecule has 5 nitrogen and oxygen atoms in total. The Hall–Kier alpha value is -1.56. The summed E-state index contributed by atoms with van der Waals surface area (Å²) >= 11 is 0. The largest absolute Gasteiger partial charge is 0.441 e. The van der Waals surface area contributed by atoms with Crippen LogP contribution >= 0.6 is 0 Å². The van der Waals surface area contributed by atoms with Crippen LogP contribution in [0.3, 0.4) is 0 Å². The highest BCUT2D eigenvalue weighted by Crippen LogP contribution is 2.20. The van der Waals surface area contributed by atoms with Gasteiger partial charge < -0.3 is 4.42 Å². The van der Waals surface area contributed by atoms with Gasteiger partial charge in [-0.2, -0.15) is 0 Å². The molecule has 1 aromatic heterocycles. The number of aromatic nitrogens is 1. The Kier molecular flexibility index (Phi) is 2.15. The average molecular weight is 226 g/mol. The van der Waals surface area contributed by atoms with Crippen molar-refractivity contribution in [3.63, 3.8) is 0 Å². The Morgan fingerprint density at radius 2 is 2.13 bits per heavy atom. The first-order valence-corrected chi connectivity index (χ1v) is 6.18. The summed E-state index contributed by atoms with van der Waals surface area (Å²) in [4.78, 5) is 4.11. The van der Waals surface area contributed by atoms with E-state index in [1.54, 1.807) is 25.1 Å². The van der Waals surface area contributed by atoms with Gasteiger partial charge >= 0.3 is 0 Å². The van der Waals surface area contributed by atoms with Gasteiger partial charge in [-0.1, -0.05) is 0 Å². The molecule has 1 aromatic carbocycles. The molecule has 0 bridgehead atoms. The van der Waals surface area contributed by atoms with E-state index in [1.165, 1.54) is 0 Å². The monoisotopic (exact) mass is 226 g/mol. The molecule has 0 unspecified atom stereocenters. The maximum absolute atomic E-state index is 11.0. The fraction of sp³-hybridized carbons (Fsp3) is 0.222. The zero-order valence-corrected chi connectivity index (χ0v) is 9.13. The molecule has 0 spiro atoms. The van der Waals surface area contributed by atoms with Gasteiger partial charge in [0.1, 0.15) is 5.52 Å². The molecule has 0 aliphatic carbocycles. The highest BCUT2D eigenvalue weighted by Gasteiger charge is 2.06. The smallest absolute Gasteiger partial charge is 0.229 e. The van der Waals surface area contributed by atoms with Gasteiger partial charge in [-0.25, -0.2) is 13.4 Å². The minimum atomic E-state index is -3.25. The van der Waals surface area contributed by atoms with Crippen LogP contribution in [-0.4, -0.2) is 19.7 Å². The highest BCUT2D eigenvalue weighted by molar-refractivity contribution is 7.92. The lowest BCUT2D eigenvalue weighted by atomic mass is 10.3. The van der Waals surface area contributed by atoms with Gasteiger partial charge in [0.15, 0.2) is 11.5 Å². The first-order chi connectivity index (χ1) is 6.94. The minimum Gasteiger partial charge on any atom is -0.441 e. The number of sulfonamides is 1. The normalized spacial score (nSPS) is 11.9. The Morgan fingerprint density at radius 1 is 1.40 bits per heavy atom. The molecule has 0 saturated carbocycles. The van der Waals surface area contributed by atoms with E-state index >= 15 is 0 Å². The second kappa shape index (κ2) is 3.23. The first-order valence-electron chi connectivity index (χ1n) is 4.29. The van der Waals surface area contributed by atoms with Crippen molar-refractivity contribution in [2.45, 2.75) is 6.92 Å². The van der Waals surface area contributed by atoms with Crippen molar-refractivity contribution in [2.75, 3.05) is 11.0 Å². The Morgan fingerprint density at radius 3 is 2.80 bits per heavy atom. The van der Waals surface area contributed by atoms with Crippen molar-refractivity contribution >= 4 is 26.8 Å². The molecule has 80 valence electrons. The number of rotatable bonds is 2. The van der Waals surface area contributed by atoms with Gasteiger partial charge in [0.2, 0.25) is 10.0 Å². The zero-order valence-electron chi connectivity index (χ0n) is 8.31. The predicted octanol–water partition coefficient (Wildman–Crippen LogP) is 1.51. The Bertz CT molecular complexity index is 601. The molecule has 0 aliphatic heterocycles. The quantitative estimate of drug-likeness (QED) is 0.842. The molecule has 15 heavy (non-hydrogen) atoms. The van der Waals surface area contributed by atoms with Crippen molar-refractivity contribution in [1.82, 2.24) is 4.98 Å². The van der Waals surface area contributed by atoms with Crippen LogP contribution in [0.5, 0.6) is 0 Å². The van der Waals surface area contributed by atoms with Gasteiger partial charge in [-0.3, -0.25) is 4.72 Å². The van der Waals surface area contributed by atoms with Crippen molar-refractivity contribution in [3.05, 3.63) is 24.1 Å². The summed E-state index contributed by atoms with van der Waals surface area (Å²) in [6.07, 6.45) is 1.10. The van der Waals surface area contributed by atoms with Crippen molar-refractivity contribution < 1.29 is 12.8 Å². The molecule has 0 amide bonds. The number of aryl methyl sites for hydroxylation is 1. The summed E-state index contributed by atoms with van der Waals surface area (Å²) < 4.78 is 29.6. The van der Waals surface area contributed by atoms with E-state index in [9.17, 15) is 8.42 Å². The van der Waals surface area contributed by atoms with Crippen LogP contribution in [0.2, 0.25) is 0 Å². The third-order valence-electron chi connectivity index (χ3n) is 1.80. The van der Waals surface area contributed by atoms with Crippen molar-refractivity contribution in [1.29, 1.82) is 0 Å². The van der Waals surface area contributed by atoms with E-state index in [1.807, 2.05) is 0 Å². The van der Waals surface area contributed by atoms with Crippen LogP contribution in [-0.2, 0) is 10.0 Å². The van der Waals surface area contributed by atoms with Gasteiger partial charge in [-0.05, 0) is 12.1 Å². The number of benzene rings is 1. The van der Waals surface area contributed by atoms with Crippen LogP contribution < -0.4 is 4.72 Å². The number of nitrogens with zero attached hydrogens (tertiary/aromatic N) is 1. The summed E-state index contributed by atoms with van der Waals surface area (Å²) in [5, 5.41) is 0. The third kappa shape index (κ3) is 2.27. The molecule has 1 N–H and O–H groups in total. The van der Waals surface area contributed by atoms with Crippen LogP contribution in [0.15, 0.2) is 22.6 Å². The molecular formula is C9H10N2O3S. The molecule has 0 radical (unpaired) electrons. The number of oxazole rings is 1. The lowest BCUT2D eigenvalue weighted by molar-refractivity contribution is 0.561. The topological polar surface area (TPSA) is 72.2 Å². The third-order valence-corrected chi connectivity index (χ3v) is 2.41. The van der Waals surface area contributed by atoms with E-state index in [4.69, 9.17) is 4.42 Å². The number of fused-ring (bicyclic) bond motifs is 1. The Labute approximate surface area is 87.2 Å². The average Bonchev–Trinajstić information content (AvgIpc) is 2.40. The van der Waals surface area contributed by atoms with E-state index in [-0.39, 0.29) is 0 Å². The molecule has 1 heterocycles. The second-order valence-corrected chi connectivity index (χ2v) is 5.04. The number of anilines is 1. The molecule has 6 heteroatoms. The summed E-state index contributed by atoms with van der Waals surface area (Å²) in [6.45, 7) is 1.74. The van der Waals surface area contributed by atoms with E-state index in [0.717, 1.165) is 6.26 Å². The van der Waals surface area contributed by atoms with Crippen LogP contribution in [0, 0.1) is 6.92 Å². The van der Waals surface area contributed by atoms with Gasteiger partial charge in [0.05, 0.1) is 11.9 Å². The summed E-state index contributed by atoms with van der Waals surface area (Å²) in [6, 6.07) is 4.96. The lowest BCUT2D eigenvalue weighted by Gasteiger charge is -2.01. The SMILES string of the molecule is Cc1nc2ccc(NS(C)(=O)=O)cc2o1.